The Morgan fingerprint density at radius 1 is 1.41 bits per heavy atom. The number of hydrogen-bond donors (Lipinski definition) is 0. The highest BCUT2D eigenvalue weighted by Crippen LogP contribution is 2.18. The number of benzene rings is 1. The molecule has 1 aromatic rings. The first-order valence-electron chi connectivity index (χ1n) is 5.86. The molecule has 1 heterocycles. The maximum absolute atomic E-state index is 5.64. The molecule has 0 aromatic heterocycles. The average molecular weight is 234 g/mol. The van der Waals surface area contributed by atoms with Gasteiger partial charge in [-0.05, 0) is 5.56 Å². The molecule has 0 amide bonds. The Morgan fingerprint density at radius 3 is 2.82 bits per heavy atom. The zero-order chi connectivity index (χ0) is 11.9. The number of ether oxygens (including phenoxy) is 3. The summed E-state index contributed by atoms with van der Waals surface area (Å²) >= 11 is 0. The van der Waals surface area contributed by atoms with Crippen LogP contribution in [0.5, 0.6) is 0 Å². The summed E-state index contributed by atoms with van der Waals surface area (Å²) in [6, 6.07) is 10.1. The van der Waals surface area contributed by atoms with Crippen LogP contribution < -0.4 is 0 Å². The number of rotatable bonds is 8. The van der Waals surface area contributed by atoms with Gasteiger partial charge in [-0.1, -0.05) is 36.4 Å². The van der Waals surface area contributed by atoms with Gasteiger partial charge in [-0.2, -0.15) is 0 Å². The Hall–Kier alpha value is -1.16. The van der Waals surface area contributed by atoms with Crippen LogP contribution in [0.3, 0.4) is 0 Å². The predicted molar refractivity (Wildman–Crippen MR) is 65.8 cm³/mol. The van der Waals surface area contributed by atoms with Crippen molar-refractivity contribution in [2.45, 2.75) is 18.8 Å². The first-order valence-corrected chi connectivity index (χ1v) is 5.86. The lowest BCUT2D eigenvalue weighted by molar-refractivity contribution is -0.0241. The van der Waals surface area contributed by atoms with Gasteiger partial charge in [-0.25, -0.2) is 0 Å². The Balaban J connectivity index is 1.70. The quantitative estimate of drug-likeness (QED) is 0.510. The van der Waals surface area contributed by atoms with Crippen molar-refractivity contribution in [2.24, 2.45) is 0 Å². The van der Waals surface area contributed by atoms with Gasteiger partial charge in [0.05, 0.1) is 26.4 Å². The van der Waals surface area contributed by atoms with Gasteiger partial charge in [0.15, 0.2) is 0 Å². The van der Waals surface area contributed by atoms with E-state index in [0.29, 0.717) is 19.8 Å². The van der Waals surface area contributed by atoms with E-state index in [2.05, 4.69) is 6.58 Å². The van der Waals surface area contributed by atoms with Gasteiger partial charge in [0.25, 0.3) is 0 Å². The molecule has 0 bridgehead atoms. The van der Waals surface area contributed by atoms with Crippen molar-refractivity contribution >= 4 is 0 Å². The normalized spacial score (nSPS) is 19.9. The third kappa shape index (κ3) is 4.30. The molecule has 2 atom stereocenters. The van der Waals surface area contributed by atoms with E-state index < -0.39 is 0 Å². The van der Waals surface area contributed by atoms with Gasteiger partial charge >= 0.3 is 0 Å². The zero-order valence-electron chi connectivity index (χ0n) is 9.88. The van der Waals surface area contributed by atoms with Gasteiger partial charge in [0.1, 0.15) is 12.2 Å². The second-order valence-corrected chi connectivity index (χ2v) is 4.03. The summed E-state index contributed by atoms with van der Waals surface area (Å²) in [5.74, 6) is 0. The first-order chi connectivity index (χ1) is 8.40. The van der Waals surface area contributed by atoms with Crippen LogP contribution in [-0.2, 0) is 20.8 Å². The van der Waals surface area contributed by atoms with E-state index >= 15 is 0 Å². The summed E-state index contributed by atoms with van der Waals surface area (Å²) in [4.78, 5) is 0. The van der Waals surface area contributed by atoms with E-state index in [0.717, 1.165) is 6.61 Å². The Bertz CT molecular complexity index is 333. The van der Waals surface area contributed by atoms with Crippen LogP contribution in [0.25, 0.3) is 0 Å². The van der Waals surface area contributed by atoms with Crippen molar-refractivity contribution in [1.82, 2.24) is 0 Å². The molecule has 1 aromatic carbocycles. The minimum Gasteiger partial charge on any atom is -0.374 e. The summed E-state index contributed by atoms with van der Waals surface area (Å²) in [5, 5.41) is 0. The fraction of sp³-hybridized carbons (Fsp3) is 0.429. The minimum atomic E-state index is 0.0247. The number of hydrogen-bond acceptors (Lipinski definition) is 3. The zero-order valence-corrected chi connectivity index (χ0v) is 9.88. The number of epoxide rings is 1. The maximum Gasteiger partial charge on any atom is 0.110 e. The Labute approximate surface area is 102 Å². The van der Waals surface area contributed by atoms with Crippen molar-refractivity contribution in [2.75, 3.05) is 19.8 Å². The molecule has 1 aliphatic rings. The largest absolute Gasteiger partial charge is 0.374 e. The van der Waals surface area contributed by atoms with Crippen molar-refractivity contribution in [3.63, 3.8) is 0 Å². The van der Waals surface area contributed by atoms with Crippen LogP contribution in [0.4, 0.5) is 0 Å². The monoisotopic (exact) mass is 234 g/mol. The van der Waals surface area contributed by atoms with E-state index in [1.165, 1.54) is 5.56 Å². The van der Waals surface area contributed by atoms with E-state index in [1.54, 1.807) is 6.08 Å². The Morgan fingerprint density at radius 2 is 2.18 bits per heavy atom. The van der Waals surface area contributed by atoms with E-state index in [9.17, 15) is 0 Å². The third-order valence-corrected chi connectivity index (χ3v) is 2.60. The second kappa shape index (κ2) is 6.55. The van der Waals surface area contributed by atoms with Crippen LogP contribution in [0.15, 0.2) is 43.0 Å². The van der Waals surface area contributed by atoms with E-state index in [1.807, 2.05) is 30.3 Å². The SMILES string of the molecule is C=CCOC(COCc1ccccc1)C1CO1. The molecule has 3 nitrogen and oxygen atoms in total. The van der Waals surface area contributed by atoms with E-state index in [-0.39, 0.29) is 12.2 Å². The summed E-state index contributed by atoms with van der Waals surface area (Å²) in [6.45, 7) is 6.12. The molecule has 0 aliphatic carbocycles. The molecule has 2 rings (SSSR count). The highest BCUT2D eigenvalue weighted by Gasteiger charge is 2.33. The fourth-order valence-electron chi connectivity index (χ4n) is 1.59. The molecule has 1 aliphatic heterocycles. The molecule has 0 N–H and O–H groups in total. The summed E-state index contributed by atoms with van der Waals surface area (Å²) in [5.41, 5.74) is 1.17. The molecule has 3 heteroatoms. The van der Waals surface area contributed by atoms with Crippen molar-refractivity contribution in [3.8, 4) is 0 Å². The highest BCUT2D eigenvalue weighted by atomic mass is 16.6. The highest BCUT2D eigenvalue weighted by molar-refractivity contribution is 5.13. The lowest BCUT2D eigenvalue weighted by atomic mass is 10.2. The molecular weight excluding hydrogens is 216 g/mol. The van der Waals surface area contributed by atoms with Crippen LogP contribution in [0, 0.1) is 0 Å². The van der Waals surface area contributed by atoms with Crippen LogP contribution in [-0.4, -0.2) is 32.0 Å². The lowest BCUT2D eigenvalue weighted by Crippen LogP contribution is -2.26. The van der Waals surface area contributed by atoms with Crippen LogP contribution in [0.1, 0.15) is 5.56 Å². The predicted octanol–water partition coefficient (Wildman–Crippen LogP) is 2.17. The van der Waals surface area contributed by atoms with Gasteiger partial charge in [0.2, 0.25) is 0 Å². The standard InChI is InChI=1S/C14H18O3/c1-2-8-16-13(14-11-17-14)10-15-9-12-6-4-3-5-7-12/h2-7,13-14H,1,8-11H2. The smallest absolute Gasteiger partial charge is 0.110 e. The Kier molecular flexibility index (Phi) is 4.74. The fourth-order valence-corrected chi connectivity index (χ4v) is 1.59. The van der Waals surface area contributed by atoms with Gasteiger partial charge in [-0.15, -0.1) is 6.58 Å². The summed E-state index contributed by atoms with van der Waals surface area (Å²) in [7, 11) is 0. The van der Waals surface area contributed by atoms with Gasteiger partial charge in [0, 0.05) is 0 Å². The summed E-state index contributed by atoms with van der Waals surface area (Å²) in [6.07, 6.45) is 1.97. The molecule has 0 radical (unpaired) electrons. The molecule has 0 spiro atoms. The molecular formula is C14H18O3. The second-order valence-electron chi connectivity index (χ2n) is 4.03. The first kappa shape index (κ1) is 12.3. The van der Waals surface area contributed by atoms with Crippen molar-refractivity contribution in [1.29, 1.82) is 0 Å². The molecule has 17 heavy (non-hydrogen) atoms. The molecule has 0 saturated carbocycles. The molecule has 1 saturated heterocycles. The van der Waals surface area contributed by atoms with Crippen molar-refractivity contribution < 1.29 is 14.2 Å². The van der Waals surface area contributed by atoms with Crippen LogP contribution >= 0.6 is 0 Å². The van der Waals surface area contributed by atoms with Gasteiger partial charge < -0.3 is 14.2 Å². The van der Waals surface area contributed by atoms with Crippen LogP contribution in [0.2, 0.25) is 0 Å². The maximum atomic E-state index is 5.64. The topological polar surface area (TPSA) is 31.0 Å². The lowest BCUT2D eigenvalue weighted by Gasteiger charge is -2.14. The van der Waals surface area contributed by atoms with Gasteiger partial charge in [-0.3, -0.25) is 0 Å². The average Bonchev–Trinajstić information content (AvgIpc) is 3.19. The third-order valence-electron chi connectivity index (χ3n) is 2.60. The molecule has 92 valence electrons. The molecule has 2 unspecified atom stereocenters. The summed E-state index contributed by atoms with van der Waals surface area (Å²) < 4.78 is 16.5. The van der Waals surface area contributed by atoms with Crippen molar-refractivity contribution in [3.05, 3.63) is 48.6 Å². The minimum absolute atomic E-state index is 0.0247. The van der Waals surface area contributed by atoms with E-state index in [4.69, 9.17) is 14.2 Å². The molecule has 1 fully saturated rings.